The Labute approximate surface area is 169 Å². The SMILES string of the molecule is CCN=c1scc(-c2cc3ccccc3o2)n1/N=C\c1ccc(OC(F)F)cc1. The molecule has 5 nitrogen and oxygen atoms in total. The van der Waals surface area contributed by atoms with Crippen LogP contribution in [0, 0.1) is 0 Å². The number of fused-ring (bicyclic) bond motifs is 1. The van der Waals surface area contributed by atoms with E-state index < -0.39 is 6.61 Å². The Kier molecular flexibility index (Phi) is 5.53. The molecule has 4 aromatic rings. The van der Waals surface area contributed by atoms with Crippen molar-refractivity contribution in [3.05, 3.63) is 70.3 Å². The van der Waals surface area contributed by atoms with Crippen molar-refractivity contribution in [2.75, 3.05) is 6.54 Å². The second-order valence-corrected chi connectivity index (χ2v) is 6.87. The molecular formula is C21H17F2N3O2S. The van der Waals surface area contributed by atoms with Crippen molar-refractivity contribution in [1.82, 2.24) is 4.68 Å². The highest BCUT2D eigenvalue weighted by Gasteiger charge is 2.12. The van der Waals surface area contributed by atoms with Crippen LogP contribution in [0.15, 0.2) is 74.5 Å². The van der Waals surface area contributed by atoms with Crippen LogP contribution < -0.4 is 9.54 Å². The van der Waals surface area contributed by atoms with Crippen LogP contribution in [-0.4, -0.2) is 24.0 Å². The minimum absolute atomic E-state index is 0.102. The molecule has 0 amide bonds. The molecule has 0 aliphatic carbocycles. The number of alkyl halides is 2. The molecule has 0 aliphatic heterocycles. The van der Waals surface area contributed by atoms with E-state index in [0.29, 0.717) is 12.3 Å². The standard InChI is InChI=1S/C21H17F2N3O2S/c1-2-24-21-26(25-12-14-7-9-16(10-8-14)27-20(22)23)17(13-29-21)19-11-15-5-3-4-6-18(15)28-19/h3-13,20H,2H2,1H3/b24-21?,25-12-. The van der Waals surface area contributed by atoms with E-state index in [0.717, 1.165) is 27.0 Å². The van der Waals surface area contributed by atoms with Crippen molar-refractivity contribution in [1.29, 1.82) is 0 Å². The summed E-state index contributed by atoms with van der Waals surface area (Å²) in [6.07, 6.45) is 1.64. The van der Waals surface area contributed by atoms with E-state index in [1.54, 1.807) is 23.0 Å². The van der Waals surface area contributed by atoms with Crippen molar-refractivity contribution in [2.45, 2.75) is 13.5 Å². The van der Waals surface area contributed by atoms with Crippen LogP contribution in [0.2, 0.25) is 0 Å². The summed E-state index contributed by atoms with van der Waals surface area (Å²) in [5.74, 6) is 0.794. The van der Waals surface area contributed by atoms with Gasteiger partial charge in [0.2, 0.25) is 4.80 Å². The van der Waals surface area contributed by atoms with Gasteiger partial charge in [-0.15, -0.1) is 11.3 Å². The molecule has 0 radical (unpaired) electrons. The van der Waals surface area contributed by atoms with Crippen molar-refractivity contribution >= 4 is 28.5 Å². The molecule has 2 aromatic carbocycles. The number of hydrogen-bond donors (Lipinski definition) is 0. The predicted octanol–water partition coefficient (Wildman–Crippen LogP) is 5.37. The molecule has 8 heteroatoms. The quantitative estimate of drug-likeness (QED) is 0.399. The fraction of sp³-hybridized carbons (Fsp3) is 0.143. The maximum absolute atomic E-state index is 12.3. The first kappa shape index (κ1) is 19.1. The van der Waals surface area contributed by atoms with Gasteiger partial charge in [0.1, 0.15) is 17.0 Å². The van der Waals surface area contributed by atoms with E-state index in [4.69, 9.17) is 4.42 Å². The van der Waals surface area contributed by atoms with Gasteiger partial charge in [0.15, 0.2) is 5.76 Å². The average molecular weight is 413 g/mol. The third-order valence-corrected chi connectivity index (χ3v) is 4.94. The number of ether oxygens (including phenoxy) is 1. The van der Waals surface area contributed by atoms with Crippen molar-refractivity contribution in [3.63, 3.8) is 0 Å². The number of halogens is 2. The number of rotatable bonds is 6. The normalized spacial score (nSPS) is 12.5. The minimum Gasteiger partial charge on any atom is -0.454 e. The van der Waals surface area contributed by atoms with Gasteiger partial charge in [0.25, 0.3) is 0 Å². The molecule has 0 N–H and O–H groups in total. The molecule has 2 aromatic heterocycles. The van der Waals surface area contributed by atoms with Crippen LogP contribution in [-0.2, 0) is 0 Å². The van der Waals surface area contributed by atoms with Gasteiger partial charge in [0, 0.05) is 17.3 Å². The molecular weight excluding hydrogens is 396 g/mol. The molecule has 0 aliphatic rings. The topological polar surface area (TPSA) is 52.0 Å². The lowest BCUT2D eigenvalue weighted by molar-refractivity contribution is -0.0498. The average Bonchev–Trinajstić information content (AvgIpc) is 3.31. The van der Waals surface area contributed by atoms with E-state index in [1.165, 1.54) is 23.5 Å². The summed E-state index contributed by atoms with van der Waals surface area (Å²) in [6, 6.07) is 16.0. The molecule has 0 atom stereocenters. The summed E-state index contributed by atoms with van der Waals surface area (Å²) in [4.78, 5) is 5.22. The highest BCUT2D eigenvalue weighted by molar-refractivity contribution is 7.07. The van der Waals surface area contributed by atoms with Crippen LogP contribution >= 0.6 is 11.3 Å². The monoisotopic (exact) mass is 413 g/mol. The molecule has 0 spiro atoms. The number of furan rings is 1. The lowest BCUT2D eigenvalue weighted by atomic mass is 10.2. The number of thiazole rings is 1. The van der Waals surface area contributed by atoms with Gasteiger partial charge >= 0.3 is 6.61 Å². The van der Waals surface area contributed by atoms with E-state index in [1.807, 2.05) is 42.6 Å². The van der Waals surface area contributed by atoms with E-state index in [-0.39, 0.29) is 5.75 Å². The van der Waals surface area contributed by atoms with E-state index in [2.05, 4.69) is 14.8 Å². The number of hydrogen-bond acceptors (Lipinski definition) is 5. The largest absolute Gasteiger partial charge is 0.454 e. The van der Waals surface area contributed by atoms with Gasteiger partial charge < -0.3 is 9.15 Å². The summed E-state index contributed by atoms with van der Waals surface area (Å²) < 4.78 is 36.6. The van der Waals surface area contributed by atoms with Crippen molar-refractivity contribution < 1.29 is 17.9 Å². The lowest BCUT2D eigenvalue weighted by Gasteiger charge is -2.04. The summed E-state index contributed by atoms with van der Waals surface area (Å²) >= 11 is 1.47. The van der Waals surface area contributed by atoms with Gasteiger partial charge in [0.05, 0.1) is 6.21 Å². The minimum atomic E-state index is -2.85. The number of aromatic nitrogens is 1. The molecule has 2 heterocycles. The molecule has 0 unspecified atom stereocenters. The fourth-order valence-corrected chi connectivity index (χ4v) is 3.67. The number of para-hydroxylation sites is 1. The Morgan fingerprint density at radius 1 is 1.17 bits per heavy atom. The zero-order valence-electron chi connectivity index (χ0n) is 15.5. The second kappa shape index (κ2) is 8.40. The zero-order valence-corrected chi connectivity index (χ0v) is 16.3. The van der Waals surface area contributed by atoms with Gasteiger partial charge in [-0.1, -0.05) is 18.2 Å². The molecule has 29 heavy (non-hydrogen) atoms. The molecule has 4 rings (SSSR count). The van der Waals surface area contributed by atoms with Crippen LogP contribution in [0.3, 0.4) is 0 Å². The summed E-state index contributed by atoms with van der Waals surface area (Å²) in [7, 11) is 0. The molecule has 0 saturated carbocycles. The Bertz CT molecular complexity index is 1170. The highest BCUT2D eigenvalue weighted by atomic mass is 32.1. The molecule has 0 saturated heterocycles. The van der Waals surface area contributed by atoms with Crippen molar-refractivity contribution in [3.8, 4) is 17.2 Å². The van der Waals surface area contributed by atoms with Crippen LogP contribution in [0.4, 0.5) is 8.78 Å². The zero-order chi connectivity index (χ0) is 20.2. The first-order chi connectivity index (χ1) is 14.1. The predicted molar refractivity (Wildman–Crippen MR) is 110 cm³/mol. The third-order valence-electron chi connectivity index (χ3n) is 4.08. The second-order valence-electron chi connectivity index (χ2n) is 6.03. The van der Waals surface area contributed by atoms with Gasteiger partial charge in [-0.3, -0.25) is 4.99 Å². The highest BCUT2D eigenvalue weighted by Crippen LogP contribution is 2.28. The van der Waals surface area contributed by atoms with Crippen molar-refractivity contribution in [2.24, 2.45) is 10.1 Å². The Morgan fingerprint density at radius 3 is 2.69 bits per heavy atom. The Hall–Kier alpha value is -3.26. The van der Waals surface area contributed by atoms with Crippen LogP contribution in [0.1, 0.15) is 12.5 Å². The van der Waals surface area contributed by atoms with Gasteiger partial charge in [-0.2, -0.15) is 13.9 Å². The lowest BCUT2D eigenvalue weighted by Crippen LogP contribution is -2.12. The summed E-state index contributed by atoms with van der Waals surface area (Å²) in [5, 5.41) is 7.51. The molecule has 0 bridgehead atoms. The number of benzene rings is 2. The van der Waals surface area contributed by atoms with Gasteiger partial charge in [-0.25, -0.2) is 4.68 Å². The maximum atomic E-state index is 12.3. The summed E-state index contributed by atoms with van der Waals surface area (Å²) in [5.41, 5.74) is 2.32. The summed E-state index contributed by atoms with van der Waals surface area (Å²) in [6.45, 7) is -0.272. The first-order valence-electron chi connectivity index (χ1n) is 8.93. The first-order valence-corrected chi connectivity index (χ1v) is 9.81. The van der Waals surface area contributed by atoms with E-state index >= 15 is 0 Å². The third kappa shape index (κ3) is 4.27. The smallest absolute Gasteiger partial charge is 0.387 e. The van der Waals surface area contributed by atoms with Gasteiger partial charge in [-0.05, 0) is 48.9 Å². The van der Waals surface area contributed by atoms with E-state index in [9.17, 15) is 8.78 Å². The molecule has 0 fully saturated rings. The Balaban J connectivity index is 1.69. The number of nitrogens with zero attached hydrogens (tertiary/aromatic N) is 3. The fourth-order valence-electron chi connectivity index (χ4n) is 2.79. The maximum Gasteiger partial charge on any atom is 0.387 e. The Morgan fingerprint density at radius 2 is 1.97 bits per heavy atom. The van der Waals surface area contributed by atoms with Crippen LogP contribution in [0.25, 0.3) is 22.4 Å². The molecule has 148 valence electrons. The van der Waals surface area contributed by atoms with Crippen LogP contribution in [0.5, 0.6) is 5.75 Å².